The van der Waals surface area contributed by atoms with Gasteiger partial charge in [-0.2, -0.15) is 0 Å². The van der Waals surface area contributed by atoms with E-state index in [1.165, 1.54) is 31.2 Å². The van der Waals surface area contributed by atoms with Crippen LogP contribution in [0.1, 0.15) is 71.3 Å². The minimum Gasteiger partial charge on any atom is -0.407 e. The molecule has 1 aromatic carbocycles. The molecule has 0 radical (unpaired) electrons. The fraction of sp³-hybridized carbons (Fsp3) is 0.696. The molecular formula is C23H40O3Si. The van der Waals surface area contributed by atoms with Crippen LogP contribution in [0.15, 0.2) is 30.3 Å². The van der Waals surface area contributed by atoms with Crippen LogP contribution >= 0.6 is 0 Å². The molecule has 0 unspecified atom stereocenters. The molecule has 27 heavy (non-hydrogen) atoms. The Morgan fingerprint density at radius 2 is 1.56 bits per heavy atom. The first-order chi connectivity index (χ1) is 12.8. The zero-order valence-electron chi connectivity index (χ0n) is 18.1. The number of benzene rings is 1. The minimum atomic E-state index is -1.85. The summed E-state index contributed by atoms with van der Waals surface area (Å²) in [7, 11) is -1.85. The summed E-state index contributed by atoms with van der Waals surface area (Å²) in [4.78, 5) is 11.4. The van der Waals surface area contributed by atoms with E-state index >= 15 is 0 Å². The van der Waals surface area contributed by atoms with Crippen molar-refractivity contribution in [3.63, 3.8) is 0 Å². The van der Waals surface area contributed by atoms with Gasteiger partial charge < -0.3 is 14.0 Å². The molecule has 0 aromatic heterocycles. The van der Waals surface area contributed by atoms with Gasteiger partial charge in [0.05, 0.1) is 6.61 Å². The Balaban J connectivity index is 2.02. The highest BCUT2D eigenvalue weighted by molar-refractivity contribution is 6.74. The van der Waals surface area contributed by atoms with Gasteiger partial charge in [-0.3, -0.25) is 0 Å². The molecule has 0 N–H and O–H groups in total. The number of hydrogen-bond acceptors (Lipinski definition) is 3. The first kappa shape index (κ1) is 24.1. The topological polar surface area (TPSA) is 35.5 Å². The molecule has 0 fully saturated rings. The third-order valence-electron chi connectivity index (χ3n) is 5.54. The number of carbonyl (C=O) groups is 1. The van der Waals surface area contributed by atoms with Gasteiger partial charge in [-0.05, 0) is 36.5 Å². The molecule has 0 spiro atoms. The van der Waals surface area contributed by atoms with Crippen LogP contribution in [0.25, 0.3) is 0 Å². The van der Waals surface area contributed by atoms with Crippen molar-refractivity contribution in [2.45, 2.75) is 96.6 Å². The summed E-state index contributed by atoms with van der Waals surface area (Å²) >= 11 is 0. The quantitative estimate of drug-likeness (QED) is 0.205. The lowest BCUT2D eigenvalue weighted by atomic mass is 10.1. The number of rotatable bonds is 14. The molecule has 0 aliphatic heterocycles. The SMILES string of the molecule is CC(C)(C)[Si](C)(C)O[C@@H](C=O)CCCCCCCCOCc1ccccc1. The second kappa shape index (κ2) is 12.5. The van der Waals surface area contributed by atoms with Gasteiger partial charge in [0.2, 0.25) is 0 Å². The van der Waals surface area contributed by atoms with Gasteiger partial charge in [0.25, 0.3) is 0 Å². The van der Waals surface area contributed by atoms with E-state index in [2.05, 4.69) is 46.0 Å². The molecule has 0 bridgehead atoms. The van der Waals surface area contributed by atoms with Crippen LogP contribution in [0.4, 0.5) is 0 Å². The average Bonchev–Trinajstić information content (AvgIpc) is 2.62. The van der Waals surface area contributed by atoms with E-state index in [0.29, 0.717) is 6.61 Å². The lowest BCUT2D eigenvalue weighted by Crippen LogP contribution is -2.44. The zero-order chi connectivity index (χ0) is 20.2. The smallest absolute Gasteiger partial charge is 0.193 e. The Kier molecular flexibility index (Phi) is 11.1. The molecule has 1 atom stereocenters. The number of carbonyl (C=O) groups excluding carboxylic acids is 1. The molecule has 0 heterocycles. The highest BCUT2D eigenvalue weighted by Crippen LogP contribution is 2.37. The van der Waals surface area contributed by atoms with E-state index < -0.39 is 8.32 Å². The molecule has 0 amide bonds. The maximum Gasteiger partial charge on any atom is 0.193 e. The van der Waals surface area contributed by atoms with Crippen LogP contribution in [-0.4, -0.2) is 27.3 Å². The fourth-order valence-electron chi connectivity index (χ4n) is 2.73. The van der Waals surface area contributed by atoms with Crippen molar-refractivity contribution >= 4 is 14.6 Å². The second-order valence-corrected chi connectivity index (χ2v) is 13.8. The van der Waals surface area contributed by atoms with Crippen LogP contribution in [0.3, 0.4) is 0 Å². The Hall–Kier alpha value is -0.973. The summed E-state index contributed by atoms with van der Waals surface area (Å²) in [6.07, 6.45) is 8.69. The first-order valence-electron chi connectivity index (χ1n) is 10.5. The van der Waals surface area contributed by atoms with Crippen molar-refractivity contribution in [3.05, 3.63) is 35.9 Å². The third kappa shape index (κ3) is 10.2. The van der Waals surface area contributed by atoms with Crippen molar-refractivity contribution < 1.29 is 14.0 Å². The Morgan fingerprint density at radius 3 is 2.15 bits per heavy atom. The van der Waals surface area contributed by atoms with E-state index in [4.69, 9.17) is 9.16 Å². The highest BCUT2D eigenvalue weighted by Gasteiger charge is 2.38. The van der Waals surface area contributed by atoms with Crippen molar-refractivity contribution in [2.75, 3.05) is 6.61 Å². The van der Waals surface area contributed by atoms with Crippen molar-refractivity contribution in [3.8, 4) is 0 Å². The average molecular weight is 393 g/mol. The molecule has 4 heteroatoms. The largest absolute Gasteiger partial charge is 0.407 e. The molecule has 0 saturated heterocycles. The second-order valence-electron chi connectivity index (χ2n) is 9.00. The zero-order valence-corrected chi connectivity index (χ0v) is 19.1. The van der Waals surface area contributed by atoms with Gasteiger partial charge in [-0.1, -0.05) is 83.2 Å². The number of unbranched alkanes of at least 4 members (excludes halogenated alkanes) is 5. The van der Waals surface area contributed by atoms with Crippen molar-refractivity contribution in [1.29, 1.82) is 0 Å². The van der Waals surface area contributed by atoms with E-state index in [1.54, 1.807) is 0 Å². The van der Waals surface area contributed by atoms with Gasteiger partial charge in [0, 0.05) is 6.61 Å². The molecule has 1 rings (SSSR count). The maximum atomic E-state index is 11.4. The lowest BCUT2D eigenvalue weighted by molar-refractivity contribution is -0.114. The molecule has 0 aliphatic rings. The van der Waals surface area contributed by atoms with Gasteiger partial charge in [0.15, 0.2) is 8.32 Å². The summed E-state index contributed by atoms with van der Waals surface area (Å²) in [6.45, 7) is 12.6. The third-order valence-corrected chi connectivity index (χ3v) is 10.0. The maximum absolute atomic E-state index is 11.4. The summed E-state index contributed by atoms with van der Waals surface area (Å²) in [5, 5.41) is 0.150. The molecule has 3 nitrogen and oxygen atoms in total. The summed E-state index contributed by atoms with van der Waals surface area (Å²) < 4.78 is 11.9. The Labute approximate surface area is 168 Å². The minimum absolute atomic E-state index is 0.150. The van der Waals surface area contributed by atoms with Gasteiger partial charge in [0.1, 0.15) is 12.4 Å². The Bertz CT molecular complexity index is 508. The van der Waals surface area contributed by atoms with Crippen LogP contribution < -0.4 is 0 Å². The number of hydrogen-bond donors (Lipinski definition) is 0. The predicted octanol–water partition coefficient (Wildman–Crippen LogP) is 6.52. The normalized spacial score (nSPS) is 13.5. The summed E-state index contributed by atoms with van der Waals surface area (Å²) in [5.41, 5.74) is 1.24. The highest BCUT2D eigenvalue weighted by atomic mass is 28.4. The van der Waals surface area contributed by atoms with Gasteiger partial charge in [-0.15, -0.1) is 0 Å². The van der Waals surface area contributed by atoms with Gasteiger partial charge >= 0.3 is 0 Å². The van der Waals surface area contributed by atoms with Crippen LogP contribution in [-0.2, 0) is 20.6 Å². The lowest BCUT2D eigenvalue weighted by Gasteiger charge is -2.38. The van der Waals surface area contributed by atoms with Crippen molar-refractivity contribution in [2.24, 2.45) is 0 Å². The fourth-order valence-corrected chi connectivity index (χ4v) is 4.01. The summed E-state index contributed by atoms with van der Waals surface area (Å²) in [5.74, 6) is 0. The summed E-state index contributed by atoms with van der Waals surface area (Å²) in [6, 6.07) is 10.3. The predicted molar refractivity (Wildman–Crippen MR) is 117 cm³/mol. The van der Waals surface area contributed by atoms with Crippen LogP contribution in [0.5, 0.6) is 0 Å². The first-order valence-corrected chi connectivity index (χ1v) is 13.4. The number of aldehydes is 1. The van der Waals surface area contributed by atoms with E-state index in [0.717, 1.165) is 32.2 Å². The molecular weight excluding hydrogens is 352 g/mol. The van der Waals surface area contributed by atoms with Gasteiger partial charge in [-0.25, -0.2) is 0 Å². The molecule has 154 valence electrons. The standard InChI is InChI=1S/C23H40O3Si/c1-23(2,3)27(4,5)26-22(19-24)17-13-8-6-7-9-14-18-25-20-21-15-11-10-12-16-21/h10-12,15-16,19,22H,6-9,13-14,17-18,20H2,1-5H3/t22-/m1/s1. The monoisotopic (exact) mass is 392 g/mol. The Morgan fingerprint density at radius 1 is 0.963 bits per heavy atom. The van der Waals surface area contributed by atoms with Crippen LogP contribution in [0.2, 0.25) is 18.1 Å². The number of ether oxygens (including phenoxy) is 1. The van der Waals surface area contributed by atoms with E-state index in [-0.39, 0.29) is 11.1 Å². The van der Waals surface area contributed by atoms with E-state index in [9.17, 15) is 4.79 Å². The van der Waals surface area contributed by atoms with Crippen LogP contribution in [0, 0.1) is 0 Å². The molecule has 0 aliphatic carbocycles. The molecule has 1 aromatic rings. The van der Waals surface area contributed by atoms with E-state index in [1.807, 2.05) is 18.2 Å². The van der Waals surface area contributed by atoms with Crippen molar-refractivity contribution in [1.82, 2.24) is 0 Å². The molecule has 0 saturated carbocycles.